The zero-order valence-corrected chi connectivity index (χ0v) is 11.0. The predicted octanol–water partition coefficient (Wildman–Crippen LogP) is 0.648. The molecule has 1 atom stereocenters. The van der Waals surface area contributed by atoms with E-state index in [1.807, 2.05) is 0 Å². The normalized spacial score (nSPS) is 24.6. The molecule has 0 spiro atoms. The highest BCUT2D eigenvalue weighted by molar-refractivity contribution is 5.84. The molecule has 2 heterocycles. The van der Waals surface area contributed by atoms with E-state index in [1.165, 1.54) is 4.90 Å². The van der Waals surface area contributed by atoms with Gasteiger partial charge in [-0.05, 0) is 25.7 Å². The molecular weight excluding hydrogens is 250 g/mol. The fourth-order valence-electron chi connectivity index (χ4n) is 2.62. The monoisotopic (exact) mass is 271 g/mol. The second kappa shape index (κ2) is 6.86. The van der Waals surface area contributed by atoms with Gasteiger partial charge in [-0.25, -0.2) is 4.79 Å². The number of amides is 1. The third kappa shape index (κ3) is 3.91. The molecule has 2 aliphatic rings. The van der Waals surface area contributed by atoms with Crippen LogP contribution in [0.5, 0.6) is 0 Å². The Morgan fingerprint density at radius 2 is 2.00 bits per heavy atom. The van der Waals surface area contributed by atoms with Crippen LogP contribution in [0.1, 0.15) is 32.1 Å². The highest BCUT2D eigenvalue weighted by Crippen LogP contribution is 2.18. The minimum Gasteiger partial charge on any atom is -0.480 e. The van der Waals surface area contributed by atoms with Crippen LogP contribution in [0.4, 0.5) is 0 Å². The Kier molecular flexibility index (Phi) is 5.15. The summed E-state index contributed by atoms with van der Waals surface area (Å²) in [6.45, 7) is 2.34. The molecule has 0 radical (unpaired) electrons. The lowest BCUT2D eigenvalue weighted by Gasteiger charge is -2.24. The second-order valence-electron chi connectivity index (χ2n) is 5.02. The van der Waals surface area contributed by atoms with E-state index < -0.39 is 12.0 Å². The summed E-state index contributed by atoms with van der Waals surface area (Å²) in [6.07, 6.45) is 3.51. The van der Waals surface area contributed by atoms with Crippen LogP contribution in [-0.2, 0) is 19.1 Å². The molecule has 6 heteroatoms. The summed E-state index contributed by atoms with van der Waals surface area (Å²) in [7, 11) is 0. The van der Waals surface area contributed by atoms with Crippen molar-refractivity contribution in [1.29, 1.82) is 0 Å². The standard InChI is InChI=1S/C13H21NO5/c15-12(14-6-1-2-11(14)13(16)17)5-9-19-10-3-7-18-8-4-10/h10-11H,1-9H2,(H,16,17)/t11-/m1/s1. The lowest BCUT2D eigenvalue weighted by atomic mass is 10.1. The zero-order chi connectivity index (χ0) is 13.7. The van der Waals surface area contributed by atoms with Gasteiger partial charge in [0.25, 0.3) is 0 Å². The molecule has 2 fully saturated rings. The van der Waals surface area contributed by atoms with Gasteiger partial charge in [0.05, 0.1) is 19.1 Å². The van der Waals surface area contributed by atoms with Crippen LogP contribution in [0.25, 0.3) is 0 Å². The molecule has 0 aromatic heterocycles. The van der Waals surface area contributed by atoms with Crippen molar-refractivity contribution in [3.05, 3.63) is 0 Å². The summed E-state index contributed by atoms with van der Waals surface area (Å²) in [6, 6.07) is -0.643. The summed E-state index contributed by atoms with van der Waals surface area (Å²) >= 11 is 0. The Bertz CT molecular complexity index is 327. The number of aliphatic carboxylic acids is 1. The first-order chi connectivity index (χ1) is 9.18. The molecule has 19 heavy (non-hydrogen) atoms. The van der Waals surface area contributed by atoms with Crippen molar-refractivity contribution in [3.8, 4) is 0 Å². The van der Waals surface area contributed by atoms with E-state index >= 15 is 0 Å². The molecular formula is C13H21NO5. The van der Waals surface area contributed by atoms with Crippen LogP contribution in [0.2, 0.25) is 0 Å². The first-order valence-electron chi connectivity index (χ1n) is 6.90. The maximum Gasteiger partial charge on any atom is 0.326 e. The van der Waals surface area contributed by atoms with E-state index in [1.54, 1.807) is 0 Å². The number of carboxylic acid groups (broad SMARTS) is 1. The number of hydrogen-bond donors (Lipinski definition) is 1. The number of likely N-dealkylation sites (tertiary alicyclic amines) is 1. The Morgan fingerprint density at radius 3 is 2.68 bits per heavy atom. The first kappa shape index (κ1) is 14.3. The van der Waals surface area contributed by atoms with Gasteiger partial charge in [0.15, 0.2) is 0 Å². The quantitative estimate of drug-likeness (QED) is 0.794. The number of nitrogens with zero attached hydrogens (tertiary/aromatic N) is 1. The summed E-state index contributed by atoms with van der Waals surface area (Å²) in [5.41, 5.74) is 0. The SMILES string of the molecule is O=C(O)[C@H]1CCCN1C(=O)CCOC1CCOCC1. The van der Waals surface area contributed by atoms with Gasteiger partial charge in [0.1, 0.15) is 6.04 Å². The van der Waals surface area contributed by atoms with Gasteiger partial charge in [-0.1, -0.05) is 0 Å². The average molecular weight is 271 g/mol. The minimum atomic E-state index is -0.906. The lowest BCUT2D eigenvalue weighted by Crippen LogP contribution is -2.40. The van der Waals surface area contributed by atoms with E-state index in [2.05, 4.69) is 0 Å². The number of rotatable bonds is 5. The number of hydrogen-bond acceptors (Lipinski definition) is 4. The number of carbonyl (C=O) groups is 2. The smallest absolute Gasteiger partial charge is 0.326 e. The Morgan fingerprint density at radius 1 is 1.26 bits per heavy atom. The van der Waals surface area contributed by atoms with Gasteiger partial charge >= 0.3 is 5.97 Å². The summed E-state index contributed by atoms with van der Waals surface area (Å²) < 4.78 is 10.9. The van der Waals surface area contributed by atoms with Crippen LogP contribution < -0.4 is 0 Å². The fourth-order valence-corrected chi connectivity index (χ4v) is 2.62. The van der Waals surface area contributed by atoms with Gasteiger partial charge in [0.2, 0.25) is 5.91 Å². The summed E-state index contributed by atoms with van der Waals surface area (Å²) in [5, 5.41) is 9.02. The van der Waals surface area contributed by atoms with E-state index in [9.17, 15) is 9.59 Å². The topological polar surface area (TPSA) is 76.1 Å². The van der Waals surface area contributed by atoms with Crippen molar-refractivity contribution in [2.45, 2.75) is 44.2 Å². The Hall–Kier alpha value is -1.14. The molecule has 108 valence electrons. The third-order valence-electron chi connectivity index (χ3n) is 3.70. The summed E-state index contributed by atoms with van der Waals surface area (Å²) in [4.78, 5) is 24.4. The maximum atomic E-state index is 12.0. The van der Waals surface area contributed by atoms with Crippen LogP contribution >= 0.6 is 0 Å². The van der Waals surface area contributed by atoms with Gasteiger partial charge in [-0.2, -0.15) is 0 Å². The van der Waals surface area contributed by atoms with Crippen LogP contribution in [0.15, 0.2) is 0 Å². The molecule has 6 nitrogen and oxygen atoms in total. The predicted molar refractivity (Wildman–Crippen MR) is 66.8 cm³/mol. The molecule has 0 unspecified atom stereocenters. The largest absolute Gasteiger partial charge is 0.480 e. The average Bonchev–Trinajstić information content (AvgIpc) is 2.89. The van der Waals surface area contributed by atoms with E-state index in [0.717, 1.165) is 19.3 Å². The van der Waals surface area contributed by atoms with E-state index in [4.69, 9.17) is 14.6 Å². The molecule has 2 saturated heterocycles. The Balaban J connectivity index is 1.70. The molecule has 0 saturated carbocycles. The number of carbonyl (C=O) groups excluding carboxylic acids is 1. The molecule has 1 amide bonds. The zero-order valence-electron chi connectivity index (χ0n) is 11.0. The van der Waals surface area contributed by atoms with Gasteiger partial charge < -0.3 is 19.5 Å². The van der Waals surface area contributed by atoms with Crippen molar-refractivity contribution in [2.75, 3.05) is 26.4 Å². The molecule has 0 aromatic carbocycles. The summed E-state index contributed by atoms with van der Waals surface area (Å²) in [5.74, 6) is -1.02. The van der Waals surface area contributed by atoms with Crippen molar-refractivity contribution in [1.82, 2.24) is 4.90 Å². The van der Waals surface area contributed by atoms with Gasteiger partial charge in [0, 0.05) is 19.8 Å². The Labute approximate surface area is 112 Å². The van der Waals surface area contributed by atoms with E-state index in [0.29, 0.717) is 32.8 Å². The molecule has 1 N–H and O–H groups in total. The second-order valence-corrected chi connectivity index (χ2v) is 5.02. The van der Waals surface area contributed by atoms with Crippen molar-refractivity contribution >= 4 is 11.9 Å². The van der Waals surface area contributed by atoms with Crippen LogP contribution in [-0.4, -0.2) is 60.4 Å². The van der Waals surface area contributed by atoms with Crippen LogP contribution in [0, 0.1) is 0 Å². The highest BCUT2D eigenvalue weighted by Gasteiger charge is 2.33. The molecule has 0 bridgehead atoms. The van der Waals surface area contributed by atoms with Crippen LogP contribution in [0.3, 0.4) is 0 Å². The molecule has 0 aliphatic carbocycles. The van der Waals surface area contributed by atoms with Crippen molar-refractivity contribution in [3.63, 3.8) is 0 Å². The van der Waals surface area contributed by atoms with E-state index in [-0.39, 0.29) is 18.4 Å². The van der Waals surface area contributed by atoms with Gasteiger partial charge in [-0.3, -0.25) is 4.79 Å². The van der Waals surface area contributed by atoms with Crippen molar-refractivity contribution in [2.24, 2.45) is 0 Å². The fraction of sp³-hybridized carbons (Fsp3) is 0.846. The lowest BCUT2D eigenvalue weighted by molar-refractivity contribution is -0.149. The maximum absolute atomic E-state index is 12.0. The van der Waals surface area contributed by atoms with Gasteiger partial charge in [-0.15, -0.1) is 0 Å². The number of ether oxygens (including phenoxy) is 2. The van der Waals surface area contributed by atoms with Crippen molar-refractivity contribution < 1.29 is 24.2 Å². The molecule has 0 aromatic rings. The highest BCUT2D eigenvalue weighted by atomic mass is 16.5. The molecule has 2 aliphatic heterocycles. The first-order valence-corrected chi connectivity index (χ1v) is 6.90. The number of carboxylic acids is 1. The minimum absolute atomic E-state index is 0.114. The third-order valence-corrected chi connectivity index (χ3v) is 3.70. The molecule has 2 rings (SSSR count).